The van der Waals surface area contributed by atoms with E-state index < -0.39 is 10.2 Å². The summed E-state index contributed by atoms with van der Waals surface area (Å²) in [6.45, 7) is 2.33. The highest BCUT2D eigenvalue weighted by Crippen LogP contribution is 2.42. The quantitative estimate of drug-likeness (QED) is 0.386. The highest BCUT2D eigenvalue weighted by Gasteiger charge is 2.43. The van der Waals surface area contributed by atoms with Crippen LogP contribution in [0.4, 0.5) is 0 Å². The smallest absolute Gasteiger partial charge is 0.282 e. The van der Waals surface area contributed by atoms with Crippen LogP contribution in [0.1, 0.15) is 47.2 Å². The maximum atomic E-state index is 14.0. The van der Waals surface area contributed by atoms with Crippen LogP contribution in [0.2, 0.25) is 0 Å². The monoisotopic (exact) mass is 577 g/mol. The molecule has 0 bridgehead atoms. The number of benzene rings is 3. The van der Waals surface area contributed by atoms with E-state index in [-0.39, 0.29) is 17.4 Å². The highest BCUT2D eigenvalue weighted by molar-refractivity contribution is 7.86. The number of ether oxygens (including phenoxy) is 2. The Kier molecular flexibility index (Phi) is 9.39. The van der Waals surface area contributed by atoms with Crippen LogP contribution in [-0.4, -0.2) is 68.9 Å². The molecule has 1 saturated heterocycles. The van der Waals surface area contributed by atoms with Crippen molar-refractivity contribution in [3.05, 3.63) is 102 Å². The largest absolute Gasteiger partial charge is 0.496 e. The molecule has 0 aromatic heterocycles. The molecule has 9 heteroatoms. The van der Waals surface area contributed by atoms with Gasteiger partial charge in [-0.15, -0.1) is 0 Å². The molecule has 1 aliphatic heterocycles. The molecule has 3 aromatic carbocycles. The fourth-order valence-electron chi connectivity index (χ4n) is 6.07. The van der Waals surface area contributed by atoms with Gasteiger partial charge in [0, 0.05) is 37.6 Å². The van der Waals surface area contributed by atoms with Crippen molar-refractivity contribution in [3.8, 4) is 5.75 Å². The SMILES string of the molecule is COc1ccccc1C(=O)NC[C@]1(c2ccccc2)CC[C@H](N(Cc2ccccc2)S(=O)(=O)N2CCOCC2)CC1. The summed E-state index contributed by atoms with van der Waals surface area (Å²) in [5.74, 6) is 0.354. The Morgan fingerprint density at radius 1 is 0.951 bits per heavy atom. The molecule has 0 radical (unpaired) electrons. The molecule has 1 saturated carbocycles. The second kappa shape index (κ2) is 13.2. The molecule has 5 rings (SSSR count). The van der Waals surface area contributed by atoms with Crippen LogP contribution in [0.5, 0.6) is 5.75 Å². The van der Waals surface area contributed by atoms with E-state index in [0.29, 0.717) is 63.5 Å². The Morgan fingerprint density at radius 3 is 2.22 bits per heavy atom. The summed E-state index contributed by atoms with van der Waals surface area (Å²) in [5, 5.41) is 3.18. The van der Waals surface area contributed by atoms with Gasteiger partial charge >= 0.3 is 0 Å². The summed E-state index contributed by atoms with van der Waals surface area (Å²) in [5.41, 5.74) is 2.31. The summed E-state index contributed by atoms with van der Waals surface area (Å²) in [6, 6.07) is 27.1. The highest BCUT2D eigenvalue weighted by atomic mass is 32.2. The number of carbonyl (C=O) groups excluding carboxylic acids is 1. The zero-order chi connectivity index (χ0) is 28.7. The van der Waals surface area contributed by atoms with Crippen molar-refractivity contribution < 1.29 is 22.7 Å². The fraction of sp³-hybridized carbons (Fsp3) is 0.406. The first kappa shape index (κ1) is 29.3. The number of amides is 1. The molecule has 0 unspecified atom stereocenters. The van der Waals surface area contributed by atoms with Gasteiger partial charge in [0.2, 0.25) is 0 Å². The van der Waals surface area contributed by atoms with Crippen molar-refractivity contribution in [2.75, 3.05) is 40.0 Å². The summed E-state index contributed by atoms with van der Waals surface area (Å²) in [7, 11) is -2.13. The van der Waals surface area contributed by atoms with Crippen molar-refractivity contribution in [2.24, 2.45) is 0 Å². The Bertz CT molecular complexity index is 1390. The molecule has 41 heavy (non-hydrogen) atoms. The predicted molar refractivity (Wildman–Crippen MR) is 159 cm³/mol. The molecule has 218 valence electrons. The number of nitrogens with zero attached hydrogens (tertiary/aromatic N) is 2. The number of morpholine rings is 1. The van der Waals surface area contributed by atoms with E-state index in [1.165, 1.54) is 0 Å². The molecule has 2 fully saturated rings. The molecule has 0 spiro atoms. The zero-order valence-corrected chi connectivity index (χ0v) is 24.4. The van der Waals surface area contributed by atoms with Crippen molar-refractivity contribution >= 4 is 16.1 Å². The lowest BCUT2D eigenvalue weighted by Gasteiger charge is -2.44. The van der Waals surface area contributed by atoms with Crippen molar-refractivity contribution in [1.82, 2.24) is 13.9 Å². The van der Waals surface area contributed by atoms with Gasteiger partial charge in [-0.1, -0.05) is 72.8 Å². The minimum atomic E-state index is -3.69. The molecule has 1 heterocycles. The molecule has 1 N–H and O–H groups in total. The van der Waals surface area contributed by atoms with Crippen LogP contribution >= 0.6 is 0 Å². The molecule has 3 aromatic rings. The average Bonchev–Trinajstić information content (AvgIpc) is 3.04. The van der Waals surface area contributed by atoms with Crippen LogP contribution in [-0.2, 0) is 26.9 Å². The minimum absolute atomic E-state index is 0.148. The van der Waals surface area contributed by atoms with Gasteiger partial charge in [0.25, 0.3) is 16.1 Å². The predicted octanol–water partition coefficient (Wildman–Crippen LogP) is 4.38. The molecule has 0 atom stereocenters. The third-order valence-electron chi connectivity index (χ3n) is 8.42. The number of methoxy groups -OCH3 is 1. The summed E-state index contributed by atoms with van der Waals surface area (Å²) < 4.78 is 42.1. The molecule has 1 aliphatic carbocycles. The molecule has 8 nitrogen and oxygen atoms in total. The van der Waals surface area contributed by atoms with Crippen LogP contribution in [0.15, 0.2) is 84.9 Å². The standard InChI is InChI=1S/C32H39N3O5S/c1-39-30-15-9-8-14-29(30)31(36)33-25-32(27-12-6-3-7-13-27)18-16-28(17-19-32)35(24-26-10-4-2-5-11-26)41(37,38)34-20-22-40-23-21-34/h2-15,28H,16-25H2,1H3,(H,33,36)/t28-,32-. The molecule has 2 aliphatic rings. The number of nitrogens with one attached hydrogen (secondary N) is 1. The fourth-order valence-corrected chi connectivity index (χ4v) is 7.87. The van der Waals surface area contributed by atoms with E-state index in [9.17, 15) is 13.2 Å². The average molecular weight is 578 g/mol. The minimum Gasteiger partial charge on any atom is -0.496 e. The zero-order valence-electron chi connectivity index (χ0n) is 23.6. The maximum Gasteiger partial charge on any atom is 0.282 e. The van der Waals surface area contributed by atoms with Crippen molar-refractivity contribution in [1.29, 1.82) is 0 Å². The third-order valence-corrected chi connectivity index (χ3v) is 10.5. The van der Waals surface area contributed by atoms with E-state index in [2.05, 4.69) is 17.4 Å². The van der Waals surface area contributed by atoms with Gasteiger partial charge in [0.1, 0.15) is 5.75 Å². The maximum absolute atomic E-state index is 14.0. The lowest BCUT2D eigenvalue weighted by molar-refractivity contribution is 0.0674. The Balaban J connectivity index is 1.38. The van der Waals surface area contributed by atoms with Crippen LogP contribution < -0.4 is 10.1 Å². The van der Waals surface area contributed by atoms with Crippen LogP contribution in [0.3, 0.4) is 0 Å². The molecular formula is C32H39N3O5S. The second-order valence-corrected chi connectivity index (χ2v) is 12.7. The van der Waals surface area contributed by atoms with Crippen molar-refractivity contribution in [3.63, 3.8) is 0 Å². The van der Waals surface area contributed by atoms with Crippen molar-refractivity contribution in [2.45, 2.75) is 43.7 Å². The summed E-state index contributed by atoms with van der Waals surface area (Å²) in [6.07, 6.45) is 2.88. The third kappa shape index (κ3) is 6.64. The Hall–Kier alpha value is -3.24. The van der Waals surface area contributed by atoms with Gasteiger partial charge < -0.3 is 14.8 Å². The van der Waals surface area contributed by atoms with E-state index >= 15 is 0 Å². The number of hydrogen-bond acceptors (Lipinski definition) is 5. The number of hydrogen-bond donors (Lipinski definition) is 1. The number of carbonyl (C=O) groups is 1. The lowest BCUT2D eigenvalue weighted by Crippen LogP contribution is -2.54. The lowest BCUT2D eigenvalue weighted by atomic mass is 9.68. The first-order valence-corrected chi connectivity index (χ1v) is 15.7. The van der Waals surface area contributed by atoms with Gasteiger partial charge in [-0.3, -0.25) is 4.79 Å². The number of rotatable bonds is 10. The number of para-hydroxylation sites is 1. The normalized spacial score (nSPS) is 21.9. The van der Waals surface area contributed by atoms with Gasteiger partial charge in [0.15, 0.2) is 0 Å². The summed E-state index contributed by atoms with van der Waals surface area (Å²) in [4.78, 5) is 13.2. The van der Waals surface area contributed by atoms with E-state index in [4.69, 9.17) is 9.47 Å². The Labute approximate surface area is 243 Å². The van der Waals surface area contributed by atoms with Gasteiger partial charge in [-0.25, -0.2) is 0 Å². The summed E-state index contributed by atoms with van der Waals surface area (Å²) >= 11 is 0. The van der Waals surface area contributed by atoms with Gasteiger partial charge in [0.05, 0.1) is 25.9 Å². The second-order valence-electron chi connectivity index (χ2n) is 10.8. The first-order chi connectivity index (χ1) is 19.9. The van der Waals surface area contributed by atoms with Crippen LogP contribution in [0.25, 0.3) is 0 Å². The van der Waals surface area contributed by atoms with Gasteiger partial charge in [-0.05, 0) is 48.9 Å². The van der Waals surface area contributed by atoms with Crippen LogP contribution in [0, 0.1) is 0 Å². The molecule has 1 amide bonds. The van der Waals surface area contributed by atoms with E-state index in [1.807, 2.05) is 60.7 Å². The topological polar surface area (TPSA) is 88.2 Å². The van der Waals surface area contributed by atoms with Gasteiger partial charge in [-0.2, -0.15) is 17.0 Å². The van der Waals surface area contributed by atoms with E-state index in [0.717, 1.165) is 24.0 Å². The molecular weight excluding hydrogens is 538 g/mol. The van der Waals surface area contributed by atoms with E-state index in [1.54, 1.807) is 27.9 Å². The first-order valence-electron chi connectivity index (χ1n) is 14.3. The Morgan fingerprint density at radius 2 is 1.56 bits per heavy atom.